The number of sulfonamides is 1. The Balaban J connectivity index is 1.14. The van der Waals surface area contributed by atoms with Crippen molar-refractivity contribution in [3.8, 4) is 0 Å². The highest BCUT2D eigenvalue weighted by atomic mass is 35.5. The van der Waals surface area contributed by atoms with Crippen molar-refractivity contribution in [2.24, 2.45) is 5.92 Å². The van der Waals surface area contributed by atoms with Gasteiger partial charge in [-0.2, -0.15) is 0 Å². The first-order valence-corrected chi connectivity index (χ1v) is 18.4. The van der Waals surface area contributed by atoms with Crippen LogP contribution in [-0.4, -0.2) is 64.2 Å². The fourth-order valence-electron chi connectivity index (χ4n) is 6.94. The minimum atomic E-state index is -3.98. The van der Waals surface area contributed by atoms with Gasteiger partial charge in [0.25, 0.3) is 10.0 Å². The van der Waals surface area contributed by atoms with E-state index in [2.05, 4.69) is 54.6 Å². The van der Waals surface area contributed by atoms with Crippen LogP contribution in [0.5, 0.6) is 0 Å². The second-order valence-electron chi connectivity index (χ2n) is 13.0. The number of rotatable bonds is 12. The summed E-state index contributed by atoms with van der Waals surface area (Å²) in [5.41, 5.74) is 3.10. The van der Waals surface area contributed by atoms with Crippen molar-refractivity contribution >= 4 is 44.8 Å². The standard InChI is InChI=1S/C36H45Cl2N3O4S/c1-26(35(42)39-22-19-27-17-20-36(21-18-27,40(2)3)24-28-9-5-4-6-10-28)45-25-30-14-13-29-11-7-8-12-34(29)41(30)46(43,44)31-15-16-32(37)33(38)23-31/h4-12,15-16,23,26-27,30H,13-14,17-22,24-25H2,1-3H3,(H,39,42). The molecule has 248 valence electrons. The van der Waals surface area contributed by atoms with Crippen LogP contribution in [0.15, 0.2) is 77.7 Å². The number of amides is 1. The SMILES string of the molecule is CC(OCC1CCc2ccccc2N1S(=O)(=O)c1ccc(Cl)c(Cl)c1)C(=O)NCCC1CCC(Cc2ccccc2)(N(C)C)CC1. The third kappa shape index (κ3) is 7.91. The number of nitrogens with zero attached hydrogens (tertiary/aromatic N) is 2. The summed E-state index contributed by atoms with van der Waals surface area (Å²) in [6.07, 6.45) is 7.09. The quantitative estimate of drug-likeness (QED) is 0.219. The Hall–Kier alpha value is -2.62. The van der Waals surface area contributed by atoms with Crippen molar-refractivity contribution in [3.05, 3.63) is 94.0 Å². The van der Waals surface area contributed by atoms with Crippen LogP contribution in [-0.2, 0) is 32.4 Å². The number of likely N-dealkylation sites (N-methyl/N-ethyl adjacent to an activating group) is 1. The Bertz CT molecular complexity index is 1590. The van der Waals surface area contributed by atoms with Gasteiger partial charge in [-0.05, 0) is 114 Å². The van der Waals surface area contributed by atoms with E-state index in [4.69, 9.17) is 27.9 Å². The fourth-order valence-corrected chi connectivity index (χ4v) is 9.03. The smallest absolute Gasteiger partial charge is 0.264 e. The Morgan fingerprint density at radius 1 is 1.00 bits per heavy atom. The van der Waals surface area contributed by atoms with Crippen LogP contribution in [0.25, 0.3) is 0 Å². The number of carbonyl (C=O) groups excluding carboxylic acids is 1. The first kappa shape index (κ1) is 34.7. The molecule has 3 aromatic carbocycles. The monoisotopic (exact) mass is 685 g/mol. The molecule has 0 saturated heterocycles. The second kappa shape index (κ2) is 15.1. The third-order valence-electron chi connectivity index (χ3n) is 9.88. The van der Waals surface area contributed by atoms with Crippen molar-refractivity contribution in [2.75, 3.05) is 31.6 Å². The molecule has 0 aromatic heterocycles. The lowest BCUT2D eigenvalue weighted by molar-refractivity contribution is -0.132. The van der Waals surface area contributed by atoms with Crippen LogP contribution in [0.1, 0.15) is 56.6 Å². The summed E-state index contributed by atoms with van der Waals surface area (Å²) in [6, 6.07) is 22.0. The number of nitrogens with one attached hydrogen (secondary N) is 1. The lowest BCUT2D eigenvalue weighted by atomic mass is 9.72. The molecular formula is C36H45Cl2N3O4S. The van der Waals surface area contributed by atoms with Crippen LogP contribution >= 0.6 is 23.2 Å². The van der Waals surface area contributed by atoms with Gasteiger partial charge in [0.2, 0.25) is 5.91 Å². The molecule has 1 N–H and O–H groups in total. The molecule has 46 heavy (non-hydrogen) atoms. The van der Waals surface area contributed by atoms with E-state index < -0.39 is 22.2 Å². The van der Waals surface area contributed by atoms with Gasteiger partial charge in [0.1, 0.15) is 6.10 Å². The highest BCUT2D eigenvalue weighted by molar-refractivity contribution is 7.92. The van der Waals surface area contributed by atoms with Crippen LogP contribution in [0.3, 0.4) is 0 Å². The van der Waals surface area contributed by atoms with Crippen molar-refractivity contribution < 1.29 is 17.9 Å². The van der Waals surface area contributed by atoms with Gasteiger partial charge < -0.3 is 15.0 Å². The van der Waals surface area contributed by atoms with Gasteiger partial charge >= 0.3 is 0 Å². The number of hydrogen-bond acceptors (Lipinski definition) is 5. The average Bonchev–Trinajstić information content (AvgIpc) is 3.05. The molecule has 5 rings (SSSR count). The van der Waals surface area contributed by atoms with Crippen molar-refractivity contribution in [1.82, 2.24) is 10.2 Å². The van der Waals surface area contributed by atoms with Crippen LogP contribution in [0.2, 0.25) is 10.0 Å². The predicted molar refractivity (Wildman–Crippen MR) is 186 cm³/mol. The van der Waals surface area contributed by atoms with Gasteiger partial charge in [-0.1, -0.05) is 71.7 Å². The summed E-state index contributed by atoms with van der Waals surface area (Å²) in [5, 5.41) is 3.52. The predicted octanol–water partition coefficient (Wildman–Crippen LogP) is 7.15. The van der Waals surface area contributed by atoms with Crippen LogP contribution < -0.4 is 9.62 Å². The minimum Gasteiger partial charge on any atom is -0.367 e. The molecule has 1 amide bonds. The Kier molecular flexibility index (Phi) is 11.4. The first-order valence-electron chi connectivity index (χ1n) is 16.2. The van der Waals surface area contributed by atoms with Gasteiger partial charge in [0.15, 0.2) is 0 Å². The molecule has 2 unspecified atom stereocenters. The molecule has 1 aliphatic heterocycles. The number of anilines is 1. The number of aryl methyl sites for hydroxylation is 1. The van der Waals surface area contributed by atoms with E-state index in [0.29, 0.717) is 31.0 Å². The van der Waals surface area contributed by atoms with E-state index >= 15 is 0 Å². The van der Waals surface area contributed by atoms with E-state index in [9.17, 15) is 13.2 Å². The van der Waals surface area contributed by atoms with E-state index in [0.717, 1.165) is 44.1 Å². The maximum atomic E-state index is 13.9. The topological polar surface area (TPSA) is 78.9 Å². The van der Waals surface area contributed by atoms with E-state index in [-0.39, 0.29) is 33.0 Å². The molecule has 1 heterocycles. The van der Waals surface area contributed by atoms with Crippen LogP contribution in [0, 0.1) is 5.92 Å². The van der Waals surface area contributed by atoms with Gasteiger partial charge in [-0.15, -0.1) is 0 Å². The largest absolute Gasteiger partial charge is 0.367 e. The first-order chi connectivity index (χ1) is 22.0. The molecule has 7 nitrogen and oxygen atoms in total. The van der Waals surface area contributed by atoms with E-state index in [1.165, 1.54) is 28.1 Å². The number of halogens is 2. The normalized spacial score (nSPS) is 22.3. The fraction of sp³-hybridized carbons (Fsp3) is 0.472. The highest BCUT2D eigenvalue weighted by Crippen LogP contribution is 2.39. The molecule has 2 atom stereocenters. The molecule has 0 radical (unpaired) electrons. The zero-order chi connectivity index (χ0) is 32.9. The Labute approximate surface area is 284 Å². The van der Waals surface area contributed by atoms with Gasteiger partial charge in [0.05, 0.1) is 33.3 Å². The number of fused-ring (bicyclic) bond motifs is 1. The molecule has 0 spiro atoms. The zero-order valence-electron chi connectivity index (χ0n) is 26.9. The summed E-state index contributed by atoms with van der Waals surface area (Å²) in [7, 11) is 0.403. The summed E-state index contributed by atoms with van der Waals surface area (Å²) in [5.74, 6) is 0.389. The third-order valence-corrected chi connectivity index (χ3v) is 12.5. The molecule has 2 aliphatic rings. The maximum Gasteiger partial charge on any atom is 0.264 e. The average molecular weight is 687 g/mol. The van der Waals surface area contributed by atoms with Gasteiger partial charge in [0, 0.05) is 12.1 Å². The number of para-hydroxylation sites is 1. The lowest BCUT2D eigenvalue weighted by Gasteiger charge is -2.45. The molecule has 3 aromatic rings. The van der Waals surface area contributed by atoms with E-state index in [1.807, 2.05) is 24.3 Å². The van der Waals surface area contributed by atoms with Crippen molar-refractivity contribution in [1.29, 1.82) is 0 Å². The maximum absolute atomic E-state index is 13.9. The number of carbonyl (C=O) groups is 1. The summed E-state index contributed by atoms with van der Waals surface area (Å²) >= 11 is 12.3. The molecule has 1 aliphatic carbocycles. The van der Waals surface area contributed by atoms with Crippen LogP contribution in [0.4, 0.5) is 5.69 Å². The Morgan fingerprint density at radius 3 is 2.39 bits per heavy atom. The molecule has 1 fully saturated rings. The molecular weight excluding hydrogens is 641 g/mol. The van der Waals surface area contributed by atoms with Gasteiger partial charge in [-0.3, -0.25) is 9.10 Å². The number of hydrogen-bond donors (Lipinski definition) is 1. The number of ether oxygens (including phenoxy) is 1. The van der Waals surface area contributed by atoms with Crippen molar-refractivity contribution in [2.45, 2.75) is 80.9 Å². The lowest BCUT2D eigenvalue weighted by Crippen LogP contribution is -2.49. The zero-order valence-corrected chi connectivity index (χ0v) is 29.3. The Morgan fingerprint density at radius 2 is 1.70 bits per heavy atom. The van der Waals surface area contributed by atoms with Gasteiger partial charge in [-0.25, -0.2) is 8.42 Å². The highest BCUT2D eigenvalue weighted by Gasteiger charge is 2.38. The summed E-state index contributed by atoms with van der Waals surface area (Å²) < 4.78 is 35.4. The molecule has 10 heteroatoms. The van der Waals surface area contributed by atoms with Crippen molar-refractivity contribution in [3.63, 3.8) is 0 Å². The second-order valence-corrected chi connectivity index (χ2v) is 15.6. The van der Waals surface area contributed by atoms with E-state index in [1.54, 1.807) is 6.92 Å². The number of benzene rings is 3. The molecule has 0 bridgehead atoms. The molecule has 1 saturated carbocycles. The summed E-state index contributed by atoms with van der Waals surface area (Å²) in [4.78, 5) is 15.5. The minimum absolute atomic E-state index is 0.0556. The summed E-state index contributed by atoms with van der Waals surface area (Å²) in [6.45, 7) is 2.40.